The molecule has 0 aromatic heterocycles. The summed E-state index contributed by atoms with van der Waals surface area (Å²) >= 11 is 3.57. The van der Waals surface area contributed by atoms with E-state index in [2.05, 4.69) is 28.1 Å². The molecule has 1 heterocycles. The molecule has 1 fully saturated rings. The monoisotopic (exact) mass is 311 g/mol. The minimum atomic E-state index is -0.233. The quantitative estimate of drug-likeness (QED) is 0.864. The van der Waals surface area contributed by atoms with E-state index in [1.807, 2.05) is 0 Å². The lowest BCUT2D eigenvalue weighted by atomic mass is 9.76. The Morgan fingerprint density at radius 2 is 1.94 bits per heavy atom. The van der Waals surface area contributed by atoms with Crippen LogP contribution < -0.4 is 10.5 Å². The van der Waals surface area contributed by atoms with Gasteiger partial charge in [-0.15, -0.1) is 0 Å². The summed E-state index contributed by atoms with van der Waals surface area (Å²) in [6.07, 6.45) is 5.78. The van der Waals surface area contributed by atoms with Gasteiger partial charge in [0.05, 0.1) is 6.61 Å². The molecule has 18 heavy (non-hydrogen) atoms. The molecule has 0 atom stereocenters. The average molecular weight is 312 g/mol. The highest BCUT2D eigenvalue weighted by atomic mass is 79.9. The van der Waals surface area contributed by atoms with Crippen molar-refractivity contribution < 1.29 is 9.47 Å². The second-order valence-electron chi connectivity index (χ2n) is 5.27. The summed E-state index contributed by atoms with van der Waals surface area (Å²) in [5.74, 6) is 0.953. The summed E-state index contributed by atoms with van der Waals surface area (Å²) in [5.41, 5.74) is 8.65. The van der Waals surface area contributed by atoms with Crippen LogP contribution in [-0.4, -0.2) is 6.79 Å². The van der Waals surface area contributed by atoms with E-state index in [4.69, 9.17) is 15.2 Å². The topological polar surface area (TPSA) is 44.5 Å². The predicted molar refractivity (Wildman–Crippen MR) is 73.4 cm³/mol. The molecule has 1 aromatic carbocycles. The normalized spacial score (nSPS) is 22.1. The third-order valence-corrected chi connectivity index (χ3v) is 4.41. The fourth-order valence-corrected chi connectivity index (χ4v) is 3.51. The van der Waals surface area contributed by atoms with Gasteiger partial charge < -0.3 is 15.2 Å². The molecule has 3 rings (SSSR count). The van der Waals surface area contributed by atoms with Crippen LogP contribution in [0.3, 0.4) is 0 Å². The van der Waals surface area contributed by atoms with Gasteiger partial charge in [0, 0.05) is 21.1 Å². The van der Waals surface area contributed by atoms with Gasteiger partial charge in [-0.3, -0.25) is 0 Å². The summed E-state index contributed by atoms with van der Waals surface area (Å²) in [6.45, 7) is 0.940. The van der Waals surface area contributed by atoms with Crippen molar-refractivity contribution in [2.45, 2.75) is 44.2 Å². The van der Waals surface area contributed by atoms with E-state index in [-0.39, 0.29) is 5.54 Å². The molecule has 2 aliphatic rings. The largest absolute Gasteiger partial charge is 0.467 e. The lowest BCUT2D eigenvalue weighted by Gasteiger charge is -2.36. The third-order valence-electron chi connectivity index (χ3n) is 3.96. The van der Waals surface area contributed by atoms with Crippen LogP contribution in [-0.2, 0) is 16.9 Å². The molecule has 0 bridgehead atoms. The highest BCUT2D eigenvalue weighted by Gasteiger charge is 2.34. The van der Waals surface area contributed by atoms with Crippen LogP contribution >= 0.6 is 15.9 Å². The lowest BCUT2D eigenvalue weighted by molar-refractivity contribution is -0.0181. The van der Waals surface area contributed by atoms with E-state index in [0.717, 1.165) is 34.2 Å². The van der Waals surface area contributed by atoms with Crippen LogP contribution in [0.1, 0.15) is 43.2 Å². The maximum Gasteiger partial charge on any atom is 0.189 e. The van der Waals surface area contributed by atoms with E-state index >= 15 is 0 Å². The summed E-state index contributed by atoms with van der Waals surface area (Å²) < 4.78 is 12.1. The summed E-state index contributed by atoms with van der Waals surface area (Å²) in [5, 5.41) is 0. The van der Waals surface area contributed by atoms with Gasteiger partial charge in [0.1, 0.15) is 5.75 Å². The Hall–Kier alpha value is -0.580. The van der Waals surface area contributed by atoms with Crippen molar-refractivity contribution in [3.05, 3.63) is 27.7 Å². The number of fused-ring (bicyclic) bond motifs is 1. The van der Waals surface area contributed by atoms with Crippen LogP contribution in [0.4, 0.5) is 0 Å². The Morgan fingerprint density at radius 1 is 1.17 bits per heavy atom. The molecule has 4 heteroatoms. The van der Waals surface area contributed by atoms with Crippen molar-refractivity contribution >= 4 is 15.9 Å². The van der Waals surface area contributed by atoms with Gasteiger partial charge >= 0.3 is 0 Å². The standard InChI is InChI=1S/C14H18BrNO2/c15-11-6-10-8-17-9-18-13(10)12(7-11)14(16)4-2-1-3-5-14/h6-7H,1-5,8-9,16H2. The van der Waals surface area contributed by atoms with E-state index in [1.165, 1.54) is 19.3 Å². The molecule has 1 aliphatic carbocycles. The smallest absolute Gasteiger partial charge is 0.189 e. The van der Waals surface area contributed by atoms with Crippen molar-refractivity contribution in [3.63, 3.8) is 0 Å². The molecule has 0 radical (unpaired) electrons. The molecule has 98 valence electrons. The first-order valence-corrected chi connectivity index (χ1v) is 7.31. The molecule has 1 aromatic rings. The van der Waals surface area contributed by atoms with E-state index in [1.54, 1.807) is 0 Å². The van der Waals surface area contributed by atoms with Crippen molar-refractivity contribution in [1.29, 1.82) is 0 Å². The minimum absolute atomic E-state index is 0.233. The molecular weight excluding hydrogens is 294 g/mol. The molecule has 0 saturated heterocycles. The Morgan fingerprint density at radius 3 is 2.72 bits per heavy atom. The molecule has 2 N–H and O–H groups in total. The number of rotatable bonds is 1. The SMILES string of the molecule is NC1(c2cc(Br)cc3c2OCOC3)CCCCC1. The molecule has 0 amide bonds. The predicted octanol–water partition coefficient (Wildman–Crippen LogP) is 3.43. The van der Waals surface area contributed by atoms with Gasteiger partial charge in [-0.1, -0.05) is 35.2 Å². The first-order valence-electron chi connectivity index (χ1n) is 6.51. The van der Waals surface area contributed by atoms with E-state index in [9.17, 15) is 0 Å². The second kappa shape index (κ2) is 4.83. The van der Waals surface area contributed by atoms with Gasteiger partial charge in [0.2, 0.25) is 0 Å². The van der Waals surface area contributed by atoms with E-state index in [0.29, 0.717) is 13.4 Å². The van der Waals surface area contributed by atoms with Crippen molar-refractivity contribution in [2.75, 3.05) is 6.79 Å². The molecule has 1 aliphatic heterocycles. The Kier molecular flexibility index (Phi) is 3.34. The Labute approximate surface area is 116 Å². The molecule has 0 spiro atoms. The van der Waals surface area contributed by atoms with Gasteiger partial charge in [-0.05, 0) is 25.0 Å². The second-order valence-corrected chi connectivity index (χ2v) is 6.18. The minimum Gasteiger partial charge on any atom is -0.467 e. The summed E-state index contributed by atoms with van der Waals surface area (Å²) in [6, 6.07) is 4.18. The maximum atomic E-state index is 6.63. The summed E-state index contributed by atoms with van der Waals surface area (Å²) in [4.78, 5) is 0. The Balaban J connectivity index is 2.07. The van der Waals surface area contributed by atoms with Crippen molar-refractivity contribution in [3.8, 4) is 5.75 Å². The van der Waals surface area contributed by atoms with Crippen LogP contribution in [0.5, 0.6) is 5.75 Å². The number of nitrogens with two attached hydrogens (primary N) is 1. The van der Waals surface area contributed by atoms with Crippen LogP contribution in [0.15, 0.2) is 16.6 Å². The molecular formula is C14H18BrNO2. The number of hydrogen-bond acceptors (Lipinski definition) is 3. The van der Waals surface area contributed by atoms with Crippen LogP contribution in [0.2, 0.25) is 0 Å². The molecule has 3 nitrogen and oxygen atoms in total. The average Bonchev–Trinajstić information content (AvgIpc) is 2.38. The van der Waals surface area contributed by atoms with Gasteiger partial charge in [-0.2, -0.15) is 0 Å². The third kappa shape index (κ3) is 2.17. The zero-order chi connectivity index (χ0) is 12.6. The van der Waals surface area contributed by atoms with Crippen molar-refractivity contribution in [2.24, 2.45) is 5.73 Å². The summed E-state index contributed by atoms with van der Waals surface area (Å²) in [7, 11) is 0. The van der Waals surface area contributed by atoms with Crippen LogP contribution in [0.25, 0.3) is 0 Å². The number of hydrogen-bond donors (Lipinski definition) is 1. The zero-order valence-corrected chi connectivity index (χ0v) is 12.0. The highest BCUT2D eigenvalue weighted by Crippen LogP contribution is 2.43. The fraction of sp³-hybridized carbons (Fsp3) is 0.571. The van der Waals surface area contributed by atoms with Gasteiger partial charge in [0.15, 0.2) is 6.79 Å². The first kappa shape index (κ1) is 12.5. The first-order chi connectivity index (χ1) is 8.69. The number of ether oxygens (including phenoxy) is 2. The number of halogens is 1. The highest BCUT2D eigenvalue weighted by molar-refractivity contribution is 9.10. The van der Waals surface area contributed by atoms with Crippen molar-refractivity contribution in [1.82, 2.24) is 0 Å². The lowest BCUT2D eigenvalue weighted by Crippen LogP contribution is -2.39. The van der Waals surface area contributed by atoms with Gasteiger partial charge in [-0.25, -0.2) is 0 Å². The Bertz CT molecular complexity index is 455. The van der Waals surface area contributed by atoms with Gasteiger partial charge in [0.25, 0.3) is 0 Å². The van der Waals surface area contributed by atoms with E-state index < -0.39 is 0 Å². The molecule has 1 saturated carbocycles. The number of benzene rings is 1. The van der Waals surface area contributed by atoms with Crippen LogP contribution in [0, 0.1) is 0 Å². The molecule has 0 unspecified atom stereocenters. The zero-order valence-electron chi connectivity index (χ0n) is 10.4. The fourth-order valence-electron chi connectivity index (χ4n) is 3.00. The maximum absolute atomic E-state index is 6.63.